The van der Waals surface area contributed by atoms with Gasteiger partial charge in [-0.1, -0.05) is 0 Å². The molecule has 0 aromatic carbocycles. The minimum Gasteiger partial charge on any atom is -0.338 e. The third-order valence-electron chi connectivity index (χ3n) is 3.07. The first-order chi connectivity index (χ1) is 9.26. The van der Waals surface area contributed by atoms with Gasteiger partial charge < -0.3 is 15.2 Å². The summed E-state index contributed by atoms with van der Waals surface area (Å²) in [6, 6.07) is 3.92. The molecule has 0 saturated heterocycles. The van der Waals surface area contributed by atoms with Crippen LogP contribution in [0, 0.1) is 0 Å². The van der Waals surface area contributed by atoms with Crippen LogP contribution in [0.1, 0.15) is 19.4 Å². The zero-order valence-electron chi connectivity index (χ0n) is 11.4. The highest BCUT2D eigenvalue weighted by molar-refractivity contribution is 5.80. The topological polar surface area (TPSA) is 59.0 Å². The molecule has 2 rings (SSSR count). The number of nitrogens with zero attached hydrogens (tertiary/aromatic N) is 2. The van der Waals surface area contributed by atoms with Crippen molar-refractivity contribution in [1.29, 1.82) is 0 Å². The second-order valence-electron chi connectivity index (χ2n) is 4.35. The van der Waals surface area contributed by atoms with E-state index < -0.39 is 0 Å². The van der Waals surface area contributed by atoms with Crippen molar-refractivity contribution >= 4 is 17.1 Å². The van der Waals surface area contributed by atoms with Crippen molar-refractivity contribution in [3.8, 4) is 0 Å². The molecule has 19 heavy (non-hydrogen) atoms. The highest BCUT2D eigenvalue weighted by Crippen LogP contribution is 2.19. The Balaban J connectivity index is 2.06. The van der Waals surface area contributed by atoms with Gasteiger partial charge in [0, 0.05) is 37.4 Å². The van der Waals surface area contributed by atoms with Crippen molar-refractivity contribution in [1.82, 2.24) is 20.2 Å². The molecule has 0 saturated carbocycles. The minimum absolute atomic E-state index is 0.111. The third-order valence-corrected chi connectivity index (χ3v) is 3.07. The number of nitrogens with one attached hydrogen (secondary N) is 2. The predicted molar refractivity (Wildman–Crippen MR) is 76.2 cm³/mol. The molecule has 2 N–H and O–H groups in total. The van der Waals surface area contributed by atoms with Crippen LogP contribution < -0.4 is 10.6 Å². The lowest BCUT2D eigenvalue weighted by Crippen LogP contribution is -2.36. The number of pyridine rings is 1. The summed E-state index contributed by atoms with van der Waals surface area (Å²) in [5, 5.41) is 6.73. The van der Waals surface area contributed by atoms with E-state index >= 15 is 0 Å². The van der Waals surface area contributed by atoms with E-state index in [2.05, 4.69) is 39.4 Å². The number of amides is 2. The molecule has 2 aromatic rings. The number of fused-ring (bicyclic) bond motifs is 1. The fraction of sp³-hybridized carbons (Fsp3) is 0.429. The van der Waals surface area contributed by atoms with Gasteiger partial charge in [0.15, 0.2) is 0 Å². The fourth-order valence-electron chi connectivity index (χ4n) is 2.17. The summed E-state index contributed by atoms with van der Waals surface area (Å²) < 4.78 is 2.14. The van der Waals surface area contributed by atoms with Crippen LogP contribution in [0.25, 0.3) is 11.0 Å². The van der Waals surface area contributed by atoms with Crippen molar-refractivity contribution in [2.24, 2.45) is 0 Å². The van der Waals surface area contributed by atoms with Crippen molar-refractivity contribution in [3.63, 3.8) is 0 Å². The quantitative estimate of drug-likeness (QED) is 0.863. The Kier molecular flexibility index (Phi) is 4.39. The van der Waals surface area contributed by atoms with Crippen LogP contribution in [-0.2, 0) is 13.0 Å². The highest BCUT2D eigenvalue weighted by atomic mass is 16.2. The summed E-state index contributed by atoms with van der Waals surface area (Å²) in [5.41, 5.74) is 2.24. The molecule has 5 nitrogen and oxygen atoms in total. The molecule has 5 heteroatoms. The van der Waals surface area contributed by atoms with Gasteiger partial charge in [0.1, 0.15) is 5.65 Å². The molecule has 0 aliphatic rings. The van der Waals surface area contributed by atoms with E-state index in [1.54, 1.807) is 0 Å². The van der Waals surface area contributed by atoms with Gasteiger partial charge in [-0.15, -0.1) is 0 Å². The molecule has 2 heterocycles. The van der Waals surface area contributed by atoms with E-state index in [9.17, 15) is 4.79 Å². The van der Waals surface area contributed by atoms with Crippen molar-refractivity contribution in [3.05, 3.63) is 30.1 Å². The first-order valence-electron chi connectivity index (χ1n) is 6.70. The van der Waals surface area contributed by atoms with E-state index in [1.807, 2.05) is 19.2 Å². The van der Waals surface area contributed by atoms with E-state index in [0.717, 1.165) is 18.6 Å². The number of aryl methyl sites for hydroxylation is 1. The average Bonchev–Trinajstić information content (AvgIpc) is 2.78. The number of aromatic nitrogens is 2. The van der Waals surface area contributed by atoms with Gasteiger partial charge in [0.25, 0.3) is 0 Å². The maximum Gasteiger partial charge on any atom is 0.314 e. The normalized spacial score (nSPS) is 10.6. The Morgan fingerprint density at radius 1 is 1.37 bits per heavy atom. The van der Waals surface area contributed by atoms with Crippen LogP contribution in [0.3, 0.4) is 0 Å². The molecule has 0 radical (unpaired) electrons. The Morgan fingerprint density at radius 3 is 2.95 bits per heavy atom. The number of carbonyl (C=O) groups excluding carboxylic acids is 1. The van der Waals surface area contributed by atoms with Gasteiger partial charge in [-0.3, -0.25) is 0 Å². The molecule has 2 aromatic heterocycles. The average molecular weight is 260 g/mol. The van der Waals surface area contributed by atoms with Crippen molar-refractivity contribution in [2.75, 3.05) is 13.1 Å². The lowest BCUT2D eigenvalue weighted by Gasteiger charge is -2.04. The monoisotopic (exact) mass is 260 g/mol. The van der Waals surface area contributed by atoms with Crippen LogP contribution in [0.5, 0.6) is 0 Å². The number of rotatable bonds is 5. The number of urea groups is 1. The molecule has 0 spiro atoms. The second kappa shape index (κ2) is 6.22. The number of hydrogen-bond acceptors (Lipinski definition) is 2. The third kappa shape index (κ3) is 3.05. The van der Waals surface area contributed by atoms with E-state index in [0.29, 0.717) is 13.1 Å². The largest absolute Gasteiger partial charge is 0.338 e. The molecule has 0 aliphatic heterocycles. The lowest BCUT2D eigenvalue weighted by atomic mass is 10.1. The summed E-state index contributed by atoms with van der Waals surface area (Å²) >= 11 is 0. The van der Waals surface area contributed by atoms with Gasteiger partial charge in [-0.2, -0.15) is 0 Å². The molecule has 102 valence electrons. The van der Waals surface area contributed by atoms with Crippen molar-refractivity contribution in [2.45, 2.75) is 26.8 Å². The number of carbonyl (C=O) groups is 1. The SMILES string of the molecule is CCNC(=O)NCCc1cn(CC)c2ncccc12. The summed E-state index contributed by atoms with van der Waals surface area (Å²) in [4.78, 5) is 15.7. The fourth-order valence-corrected chi connectivity index (χ4v) is 2.17. The minimum atomic E-state index is -0.111. The van der Waals surface area contributed by atoms with E-state index in [1.165, 1.54) is 10.9 Å². The summed E-state index contributed by atoms with van der Waals surface area (Å²) in [6.45, 7) is 6.18. The van der Waals surface area contributed by atoms with Gasteiger partial charge in [0.05, 0.1) is 0 Å². The molecular weight excluding hydrogens is 240 g/mol. The summed E-state index contributed by atoms with van der Waals surface area (Å²) in [5.74, 6) is 0. The van der Waals surface area contributed by atoms with Crippen molar-refractivity contribution < 1.29 is 4.79 Å². The highest BCUT2D eigenvalue weighted by Gasteiger charge is 2.08. The van der Waals surface area contributed by atoms with Gasteiger partial charge in [-0.05, 0) is 38.0 Å². The Hall–Kier alpha value is -2.04. The first kappa shape index (κ1) is 13.4. The molecule has 0 atom stereocenters. The summed E-state index contributed by atoms with van der Waals surface area (Å²) in [6.07, 6.45) is 4.74. The zero-order valence-corrected chi connectivity index (χ0v) is 11.4. The second-order valence-corrected chi connectivity index (χ2v) is 4.35. The van der Waals surface area contributed by atoms with Crippen LogP contribution >= 0.6 is 0 Å². The Morgan fingerprint density at radius 2 is 2.21 bits per heavy atom. The predicted octanol–water partition coefficient (Wildman–Crippen LogP) is 1.92. The molecule has 0 bridgehead atoms. The maximum atomic E-state index is 11.3. The van der Waals surface area contributed by atoms with Crippen LogP contribution in [0.2, 0.25) is 0 Å². The van der Waals surface area contributed by atoms with Crippen LogP contribution in [0.4, 0.5) is 4.79 Å². The van der Waals surface area contributed by atoms with E-state index in [-0.39, 0.29) is 6.03 Å². The Bertz CT molecular complexity index is 562. The Labute approximate surface area is 113 Å². The molecular formula is C14H20N4O. The van der Waals surface area contributed by atoms with Gasteiger partial charge in [-0.25, -0.2) is 9.78 Å². The molecule has 0 fully saturated rings. The lowest BCUT2D eigenvalue weighted by molar-refractivity contribution is 0.241. The van der Waals surface area contributed by atoms with Crippen LogP contribution in [0.15, 0.2) is 24.5 Å². The smallest absolute Gasteiger partial charge is 0.314 e. The van der Waals surface area contributed by atoms with E-state index in [4.69, 9.17) is 0 Å². The zero-order chi connectivity index (χ0) is 13.7. The first-order valence-corrected chi connectivity index (χ1v) is 6.70. The maximum absolute atomic E-state index is 11.3. The molecule has 2 amide bonds. The van der Waals surface area contributed by atoms with Gasteiger partial charge in [0.2, 0.25) is 0 Å². The van der Waals surface area contributed by atoms with Crippen LogP contribution in [-0.4, -0.2) is 28.7 Å². The summed E-state index contributed by atoms with van der Waals surface area (Å²) in [7, 11) is 0. The van der Waals surface area contributed by atoms with Gasteiger partial charge >= 0.3 is 6.03 Å². The molecule has 0 unspecified atom stereocenters. The number of hydrogen-bond donors (Lipinski definition) is 2. The standard InChI is InChI=1S/C14H20N4O/c1-3-15-14(19)17-9-7-11-10-18(4-2)13-12(11)6-5-8-16-13/h5-6,8,10H,3-4,7,9H2,1-2H3,(H2,15,17,19). The molecule has 0 aliphatic carbocycles.